The van der Waals surface area contributed by atoms with E-state index in [0.29, 0.717) is 0 Å². The van der Waals surface area contributed by atoms with Crippen molar-refractivity contribution in [2.45, 2.75) is 140 Å². The molecule has 0 bridgehead atoms. The van der Waals surface area contributed by atoms with E-state index >= 15 is 0 Å². The Hall–Kier alpha value is 2.55. The van der Waals surface area contributed by atoms with E-state index < -0.39 is 6.68 Å². The summed E-state index contributed by atoms with van der Waals surface area (Å²) in [5, 5.41) is 0. The predicted molar refractivity (Wildman–Crippen MR) is 190 cm³/mol. The van der Waals surface area contributed by atoms with Gasteiger partial charge in [-0.3, -0.25) is 0 Å². The molecule has 0 aromatic rings. The van der Waals surface area contributed by atoms with E-state index in [9.17, 15) is 0 Å². The molecule has 228 valence electrons. The van der Waals surface area contributed by atoms with Crippen LogP contribution in [0.4, 0.5) is 0 Å². The Bertz CT molecular complexity index is 266. The largest absolute Gasteiger partial charge is 0 e. The Morgan fingerprint density at radius 3 is 0.500 bits per heavy atom. The van der Waals surface area contributed by atoms with E-state index in [1.54, 1.807) is 55.5 Å². The second kappa shape index (κ2) is 39.7. The van der Waals surface area contributed by atoms with Crippen molar-refractivity contribution in [1.82, 2.24) is 0 Å². The molecule has 0 aromatic carbocycles. The molecule has 6 heteroatoms. The van der Waals surface area contributed by atoms with Crippen LogP contribution in [0.15, 0.2) is 0 Å². The summed E-state index contributed by atoms with van der Waals surface area (Å²) in [4.78, 5) is 0. The molecule has 0 rings (SSSR count). The van der Waals surface area contributed by atoms with Gasteiger partial charge in [0.25, 0.3) is 0 Å². The first-order chi connectivity index (χ1) is 16.5. The molecule has 0 amide bonds. The fourth-order valence-corrected chi connectivity index (χ4v) is 12.9. The minimum absolute atomic E-state index is 0. The molecule has 0 unspecified atom stereocenters. The van der Waals surface area contributed by atoms with E-state index in [0.717, 1.165) is 0 Å². The summed E-state index contributed by atoms with van der Waals surface area (Å²) in [5.41, 5.74) is 0. The molecule has 0 saturated heterocycles. The fraction of sp³-hybridized carbons (Fsp3) is 1.00. The maximum absolute atomic E-state index is 3.12. The molecule has 0 N–H and O–H groups in total. The standard InChI is InChI=1S/3C9H21P.C3H9SeSi.Cu/c3*1-4-7-10(8-5-2)9-6-3;1-5(2,3)4;/h3*4-9H2,1-3H3;1-3H3;/p+3. The van der Waals surface area contributed by atoms with E-state index in [1.165, 1.54) is 57.8 Å². The number of hydrogen-bond acceptors (Lipinski definition) is 0. The Kier molecular flexibility index (Phi) is 53.2. The maximum atomic E-state index is 3.12. The molecular formula is C30H75CuP3SeSi+3. The van der Waals surface area contributed by atoms with Crippen LogP contribution < -0.4 is 0 Å². The summed E-state index contributed by atoms with van der Waals surface area (Å²) in [7, 11) is 0.308. The number of rotatable bonds is 18. The van der Waals surface area contributed by atoms with Gasteiger partial charge in [-0.2, -0.15) is 0 Å². The molecule has 0 aliphatic heterocycles. The Balaban J connectivity index is -0.000000121. The fourth-order valence-electron chi connectivity index (χ4n) is 4.31. The molecule has 0 spiro atoms. The van der Waals surface area contributed by atoms with Gasteiger partial charge in [-0.05, 0) is 57.8 Å². The first-order valence-corrected chi connectivity index (χ1v) is 28.1. The summed E-state index contributed by atoms with van der Waals surface area (Å²) in [6.07, 6.45) is 26.6. The monoisotopic (exact) mass is 699 g/mol. The number of hydrogen-bond donors (Lipinski definition) is 0. The third-order valence-corrected chi connectivity index (χ3v) is 16.3. The van der Waals surface area contributed by atoms with Crippen LogP contribution in [-0.2, 0) is 17.1 Å². The van der Waals surface area contributed by atoms with Gasteiger partial charge in [-0.25, -0.2) is 0 Å². The molecule has 36 heavy (non-hydrogen) atoms. The van der Waals surface area contributed by atoms with Crippen LogP contribution in [0.1, 0.15) is 120 Å². The van der Waals surface area contributed by atoms with Crippen molar-refractivity contribution in [1.29, 1.82) is 0 Å². The molecule has 0 atom stereocenters. The predicted octanol–water partition coefficient (Wildman–Crippen LogP) is 11.3. The molecule has 0 aliphatic carbocycles. The van der Waals surface area contributed by atoms with Gasteiger partial charge in [0.05, 0.1) is 55.5 Å². The van der Waals surface area contributed by atoms with Crippen molar-refractivity contribution in [3.05, 3.63) is 0 Å². The Morgan fingerprint density at radius 2 is 0.444 bits per heavy atom. The minimum Gasteiger partial charge on any atom is 0 e. The van der Waals surface area contributed by atoms with Crippen LogP contribution in [0.25, 0.3) is 0 Å². The normalized spacial score (nSPS) is 10.7. The smallest absolute Gasteiger partial charge is 0 e. The van der Waals surface area contributed by atoms with Crippen molar-refractivity contribution in [3.63, 3.8) is 0 Å². The summed E-state index contributed by atoms with van der Waals surface area (Å²) in [5.74, 6) is 0. The van der Waals surface area contributed by atoms with Gasteiger partial charge in [0, 0.05) is 40.8 Å². The van der Waals surface area contributed by atoms with Crippen LogP contribution in [-0.4, -0.2) is 77.5 Å². The molecule has 0 fully saturated rings. The average Bonchev–Trinajstić information content (AvgIpc) is 2.75. The van der Waals surface area contributed by atoms with E-state index in [1.807, 2.05) is 0 Å². The van der Waals surface area contributed by atoms with Crippen molar-refractivity contribution < 1.29 is 17.1 Å². The zero-order valence-corrected chi connectivity index (χ0v) is 34.1. The van der Waals surface area contributed by atoms with Crippen molar-refractivity contribution in [2.75, 3.05) is 55.5 Å². The van der Waals surface area contributed by atoms with E-state index in [-0.39, 0.29) is 40.8 Å². The van der Waals surface area contributed by atoms with Gasteiger partial charge >= 0.3 is 41.7 Å². The third-order valence-electron chi connectivity index (χ3n) is 5.43. The van der Waals surface area contributed by atoms with Crippen LogP contribution in [0.2, 0.25) is 19.6 Å². The van der Waals surface area contributed by atoms with Gasteiger partial charge in [0.15, 0.2) is 0 Å². The molecule has 2 radical (unpaired) electrons. The average molecular weight is 699 g/mol. The quantitative estimate of drug-likeness (QED) is 0.0987. The summed E-state index contributed by atoms with van der Waals surface area (Å²) < 4.78 is 0. The molecule has 0 aromatic heterocycles. The molecule has 0 saturated carbocycles. The zero-order chi connectivity index (χ0) is 28.0. The van der Waals surface area contributed by atoms with Crippen LogP contribution in [0.3, 0.4) is 0 Å². The third kappa shape index (κ3) is 52.9. The minimum atomic E-state index is -0.736. The molecule has 0 nitrogen and oxygen atoms in total. The van der Waals surface area contributed by atoms with Crippen LogP contribution in [0.5, 0.6) is 0 Å². The van der Waals surface area contributed by atoms with E-state index in [4.69, 9.17) is 0 Å². The Labute approximate surface area is 256 Å². The molecular weight excluding hydrogens is 624 g/mol. The summed E-state index contributed by atoms with van der Waals surface area (Å²) >= 11 is 3.12. The van der Waals surface area contributed by atoms with Crippen molar-refractivity contribution >= 4 is 45.8 Å². The Morgan fingerprint density at radius 1 is 0.361 bits per heavy atom. The van der Waals surface area contributed by atoms with Gasteiger partial charge in [0.2, 0.25) is 0 Å². The SMILES string of the molecule is CCC[PH+](CCC)CCC.CCC[PH+](CCC)CCC.CCC[PH+](CCC)CCC.C[Si](C)(C)[Se].[Cu]. The topological polar surface area (TPSA) is 0 Å². The first kappa shape index (κ1) is 48.3. The van der Waals surface area contributed by atoms with Gasteiger partial charge in [-0.15, -0.1) is 0 Å². The second-order valence-corrected chi connectivity index (χ2v) is 32.0. The zero-order valence-electron chi connectivity index (χ0n) is 27.4. The van der Waals surface area contributed by atoms with E-state index in [2.05, 4.69) is 97.3 Å². The van der Waals surface area contributed by atoms with Crippen molar-refractivity contribution in [2.24, 2.45) is 0 Å². The second-order valence-electron chi connectivity index (χ2n) is 11.1. The van der Waals surface area contributed by atoms with Gasteiger partial charge in [0.1, 0.15) is 0 Å². The van der Waals surface area contributed by atoms with Crippen LogP contribution >= 0.6 is 23.8 Å². The summed E-state index contributed by atoms with van der Waals surface area (Å²) in [6, 6.07) is 0. The van der Waals surface area contributed by atoms with Crippen molar-refractivity contribution in [3.8, 4) is 0 Å². The molecule has 0 aliphatic rings. The first-order valence-electron chi connectivity index (χ1n) is 15.8. The summed E-state index contributed by atoms with van der Waals surface area (Å²) in [6.45, 7) is 26.9. The van der Waals surface area contributed by atoms with Gasteiger partial charge < -0.3 is 0 Å². The van der Waals surface area contributed by atoms with Gasteiger partial charge in [-0.1, -0.05) is 62.3 Å². The van der Waals surface area contributed by atoms with Crippen LogP contribution in [0, 0.1) is 0 Å². The maximum Gasteiger partial charge on any atom is 0 e. The molecule has 0 heterocycles.